The van der Waals surface area contributed by atoms with Crippen LogP contribution in [0.25, 0.3) is 0 Å². The van der Waals surface area contributed by atoms with Crippen LogP contribution in [0.15, 0.2) is 11.6 Å². The Bertz CT molecular complexity index is 546. The average Bonchev–Trinajstić information content (AvgIpc) is 2.76. The number of hydrogen-bond donors (Lipinski definition) is 0. The van der Waals surface area contributed by atoms with Gasteiger partial charge in [-0.25, -0.2) is 0 Å². The van der Waals surface area contributed by atoms with E-state index in [0.717, 1.165) is 25.7 Å². The van der Waals surface area contributed by atoms with Crippen LogP contribution in [-0.2, 0) is 9.59 Å². The van der Waals surface area contributed by atoms with Crippen molar-refractivity contribution in [2.24, 2.45) is 28.6 Å². The third-order valence-electron chi connectivity index (χ3n) is 7.62. The fourth-order valence-electron chi connectivity index (χ4n) is 6.19. The van der Waals surface area contributed by atoms with E-state index in [2.05, 4.69) is 19.9 Å². The SMILES string of the molecule is C[C@@]12CC[C@H]3[C@@H](CC[C@H]4CC(=O)CC[C@@]43C)C1=CCC2=O. The van der Waals surface area contributed by atoms with Crippen LogP contribution < -0.4 is 0 Å². The summed E-state index contributed by atoms with van der Waals surface area (Å²) in [6.07, 6.45) is 10.2. The maximum Gasteiger partial charge on any atom is 0.146 e. The molecule has 0 spiro atoms. The lowest BCUT2D eigenvalue weighted by Gasteiger charge is -2.57. The largest absolute Gasteiger partial charge is 0.300 e. The molecule has 21 heavy (non-hydrogen) atoms. The van der Waals surface area contributed by atoms with Crippen molar-refractivity contribution in [1.82, 2.24) is 0 Å². The van der Waals surface area contributed by atoms with Gasteiger partial charge in [0.05, 0.1) is 0 Å². The van der Waals surface area contributed by atoms with Gasteiger partial charge >= 0.3 is 0 Å². The number of ketones is 2. The average molecular weight is 286 g/mol. The Morgan fingerprint density at radius 1 is 1.10 bits per heavy atom. The smallest absolute Gasteiger partial charge is 0.146 e. The van der Waals surface area contributed by atoms with Crippen molar-refractivity contribution >= 4 is 11.6 Å². The number of carbonyl (C=O) groups excluding carboxylic acids is 2. The Balaban J connectivity index is 1.68. The van der Waals surface area contributed by atoms with Gasteiger partial charge < -0.3 is 0 Å². The van der Waals surface area contributed by atoms with Crippen LogP contribution in [-0.4, -0.2) is 11.6 Å². The summed E-state index contributed by atoms with van der Waals surface area (Å²) in [5, 5.41) is 0. The van der Waals surface area contributed by atoms with E-state index in [0.29, 0.717) is 41.2 Å². The summed E-state index contributed by atoms with van der Waals surface area (Å²) >= 11 is 0. The molecule has 0 aromatic heterocycles. The van der Waals surface area contributed by atoms with Gasteiger partial charge in [0, 0.05) is 24.7 Å². The second kappa shape index (κ2) is 4.30. The molecule has 0 aromatic carbocycles. The summed E-state index contributed by atoms with van der Waals surface area (Å²) in [7, 11) is 0. The molecule has 2 heteroatoms. The lowest BCUT2D eigenvalue weighted by Crippen LogP contribution is -2.51. The molecule has 0 unspecified atom stereocenters. The maximum absolute atomic E-state index is 12.3. The summed E-state index contributed by atoms with van der Waals surface area (Å²) in [6, 6.07) is 0. The molecule has 0 heterocycles. The first kappa shape index (κ1) is 13.7. The Hall–Kier alpha value is -0.920. The van der Waals surface area contributed by atoms with Crippen LogP contribution in [0.3, 0.4) is 0 Å². The highest BCUT2D eigenvalue weighted by atomic mass is 16.1. The van der Waals surface area contributed by atoms with Crippen molar-refractivity contribution in [3.63, 3.8) is 0 Å². The van der Waals surface area contributed by atoms with Gasteiger partial charge in [-0.2, -0.15) is 0 Å². The summed E-state index contributed by atoms with van der Waals surface area (Å²) < 4.78 is 0. The quantitative estimate of drug-likeness (QED) is 0.629. The monoisotopic (exact) mass is 286 g/mol. The minimum absolute atomic E-state index is 0.144. The van der Waals surface area contributed by atoms with E-state index in [1.54, 1.807) is 0 Å². The highest BCUT2D eigenvalue weighted by Gasteiger charge is 2.57. The Morgan fingerprint density at radius 3 is 2.71 bits per heavy atom. The minimum Gasteiger partial charge on any atom is -0.300 e. The highest BCUT2D eigenvalue weighted by Crippen LogP contribution is 2.63. The molecule has 3 fully saturated rings. The molecule has 0 radical (unpaired) electrons. The Kier molecular flexibility index (Phi) is 2.81. The molecular formula is C19H26O2. The van der Waals surface area contributed by atoms with E-state index in [1.165, 1.54) is 24.8 Å². The van der Waals surface area contributed by atoms with Gasteiger partial charge in [0.25, 0.3) is 0 Å². The lowest BCUT2D eigenvalue weighted by atomic mass is 9.46. The van der Waals surface area contributed by atoms with Gasteiger partial charge in [0.15, 0.2) is 0 Å². The molecule has 0 amide bonds. The third kappa shape index (κ3) is 1.71. The lowest BCUT2D eigenvalue weighted by molar-refractivity contribution is -0.133. The number of carbonyl (C=O) groups is 2. The molecular weight excluding hydrogens is 260 g/mol. The van der Waals surface area contributed by atoms with Crippen LogP contribution >= 0.6 is 0 Å². The van der Waals surface area contributed by atoms with Crippen LogP contribution in [0.5, 0.6) is 0 Å². The van der Waals surface area contributed by atoms with Crippen molar-refractivity contribution in [2.45, 2.75) is 65.2 Å². The van der Waals surface area contributed by atoms with E-state index < -0.39 is 0 Å². The summed E-state index contributed by atoms with van der Waals surface area (Å²) in [4.78, 5) is 24.2. The van der Waals surface area contributed by atoms with Gasteiger partial charge in [-0.05, 0) is 62.2 Å². The molecule has 0 saturated heterocycles. The highest BCUT2D eigenvalue weighted by molar-refractivity contribution is 5.92. The number of fused-ring (bicyclic) bond motifs is 5. The first-order valence-electron chi connectivity index (χ1n) is 8.71. The topological polar surface area (TPSA) is 34.1 Å². The van der Waals surface area contributed by atoms with E-state index in [1.807, 2.05) is 0 Å². The van der Waals surface area contributed by atoms with E-state index in [4.69, 9.17) is 0 Å². The van der Waals surface area contributed by atoms with E-state index in [9.17, 15) is 9.59 Å². The molecule has 5 atom stereocenters. The predicted octanol–water partition coefficient (Wildman–Crippen LogP) is 4.09. The number of Topliss-reactive ketones (excluding diaryl/α,β-unsaturated/α-hetero) is 2. The fourth-order valence-corrected chi connectivity index (χ4v) is 6.19. The first-order valence-corrected chi connectivity index (χ1v) is 8.71. The van der Waals surface area contributed by atoms with Crippen molar-refractivity contribution in [3.8, 4) is 0 Å². The van der Waals surface area contributed by atoms with Crippen LogP contribution in [0.4, 0.5) is 0 Å². The van der Waals surface area contributed by atoms with Crippen molar-refractivity contribution in [2.75, 3.05) is 0 Å². The molecule has 114 valence electrons. The summed E-state index contributed by atoms with van der Waals surface area (Å²) in [5.41, 5.74) is 1.67. The molecule has 4 rings (SSSR count). The zero-order valence-corrected chi connectivity index (χ0v) is 13.3. The standard InChI is InChI=1S/C19H26O2/c1-18-9-7-13(20)11-12(18)3-4-14-15-5-6-17(21)19(15,2)10-8-16(14)18/h5,12,14,16H,3-4,6-11H2,1-2H3/t12-,14-,16-,18-,19+/m0/s1. The van der Waals surface area contributed by atoms with Gasteiger partial charge in [-0.15, -0.1) is 0 Å². The van der Waals surface area contributed by atoms with Crippen LogP contribution in [0, 0.1) is 28.6 Å². The zero-order chi connectivity index (χ0) is 14.8. The van der Waals surface area contributed by atoms with Gasteiger partial charge in [0.2, 0.25) is 0 Å². The number of allylic oxidation sites excluding steroid dienone is 2. The first-order chi connectivity index (χ1) is 9.95. The fraction of sp³-hybridized carbons (Fsp3) is 0.789. The van der Waals surface area contributed by atoms with E-state index >= 15 is 0 Å². The summed E-state index contributed by atoms with van der Waals surface area (Å²) in [5.74, 6) is 2.84. The van der Waals surface area contributed by atoms with Crippen molar-refractivity contribution in [1.29, 1.82) is 0 Å². The second-order valence-electron chi connectivity index (χ2n) is 8.39. The molecule has 3 saturated carbocycles. The van der Waals surface area contributed by atoms with Crippen LogP contribution in [0.2, 0.25) is 0 Å². The minimum atomic E-state index is -0.144. The normalized spacial score (nSPS) is 49.2. The van der Waals surface area contributed by atoms with E-state index in [-0.39, 0.29) is 5.41 Å². The summed E-state index contributed by atoms with van der Waals surface area (Å²) in [6.45, 7) is 4.63. The third-order valence-corrected chi connectivity index (χ3v) is 7.62. The maximum atomic E-state index is 12.3. The Labute approximate surface area is 127 Å². The number of rotatable bonds is 0. The van der Waals surface area contributed by atoms with Gasteiger partial charge in [0.1, 0.15) is 11.6 Å². The van der Waals surface area contributed by atoms with Crippen molar-refractivity contribution in [3.05, 3.63) is 11.6 Å². The molecule has 0 aliphatic heterocycles. The molecule has 4 aliphatic rings. The second-order valence-corrected chi connectivity index (χ2v) is 8.39. The molecule has 2 nitrogen and oxygen atoms in total. The number of hydrogen-bond acceptors (Lipinski definition) is 2. The zero-order valence-electron chi connectivity index (χ0n) is 13.3. The molecule has 0 N–H and O–H groups in total. The van der Waals surface area contributed by atoms with Gasteiger partial charge in [-0.1, -0.05) is 18.6 Å². The molecule has 0 bridgehead atoms. The van der Waals surface area contributed by atoms with Crippen molar-refractivity contribution < 1.29 is 9.59 Å². The molecule has 0 aromatic rings. The van der Waals surface area contributed by atoms with Crippen LogP contribution in [0.1, 0.15) is 65.2 Å². The van der Waals surface area contributed by atoms with Gasteiger partial charge in [-0.3, -0.25) is 9.59 Å². The Morgan fingerprint density at radius 2 is 1.90 bits per heavy atom. The molecule has 4 aliphatic carbocycles. The predicted molar refractivity (Wildman–Crippen MR) is 81.7 cm³/mol.